The van der Waals surface area contributed by atoms with E-state index in [4.69, 9.17) is 10.8 Å². The van der Waals surface area contributed by atoms with Crippen molar-refractivity contribution in [3.63, 3.8) is 0 Å². The number of carboxylic acid groups (broad SMARTS) is 2. The Morgan fingerprint density at radius 3 is 1.95 bits per heavy atom. The maximum absolute atomic E-state index is 13.3. The lowest BCUT2D eigenvalue weighted by molar-refractivity contribution is -0.143. The van der Waals surface area contributed by atoms with Gasteiger partial charge >= 0.3 is 11.9 Å². The van der Waals surface area contributed by atoms with Gasteiger partial charge in [-0.25, -0.2) is 14.8 Å². The molecule has 0 spiro atoms. The maximum Gasteiger partial charge on any atom is 0.326 e. The molecule has 38 heavy (non-hydrogen) atoms. The van der Waals surface area contributed by atoms with E-state index in [0.29, 0.717) is 17.1 Å². The molecular weight excluding hydrogens is 520 g/mol. The predicted molar refractivity (Wildman–Crippen MR) is 136 cm³/mol. The lowest BCUT2D eigenvalue weighted by Gasteiger charge is -2.25. The van der Waals surface area contributed by atoms with Gasteiger partial charge in [-0.3, -0.25) is 19.2 Å². The summed E-state index contributed by atoms with van der Waals surface area (Å²) in [7, 11) is 0. The Balaban J connectivity index is 2.14. The third-order valence-electron chi connectivity index (χ3n) is 5.45. The van der Waals surface area contributed by atoms with Crippen LogP contribution in [-0.2, 0) is 36.8 Å². The number of H-pyrrole nitrogens is 2. The van der Waals surface area contributed by atoms with Crippen molar-refractivity contribution in [2.24, 2.45) is 5.73 Å². The Morgan fingerprint density at radius 1 is 0.868 bits per heavy atom. The summed E-state index contributed by atoms with van der Waals surface area (Å²) in [5.74, 6) is -4.24. The second kappa shape index (κ2) is 15.4. The van der Waals surface area contributed by atoms with E-state index in [1.807, 2.05) is 0 Å². The normalized spacial score (nSPS) is 14.1. The number of nitrogens with zero attached hydrogens (tertiary/aromatic N) is 2. The number of carbonyl (C=O) groups excluding carboxylic acids is 3. The smallest absolute Gasteiger partial charge is 0.326 e. The second-order valence-electron chi connectivity index (χ2n) is 8.40. The lowest BCUT2D eigenvalue weighted by atomic mass is 10.1. The van der Waals surface area contributed by atoms with E-state index in [-0.39, 0.29) is 25.7 Å². The first-order chi connectivity index (χ1) is 18.1. The Morgan fingerprint density at radius 2 is 1.42 bits per heavy atom. The summed E-state index contributed by atoms with van der Waals surface area (Å²) in [5.41, 5.74) is 7.17. The predicted octanol–water partition coefficient (Wildman–Crippen LogP) is -1.60. The monoisotopic (exact) mass is 552 g/mol. The van der Waals surface area contributed by atoms with Crippen LogP contribution in [0, 0.1) is 0 Å². The molecule has 3 amide bonds. The average Bonchev–Trinajstić information content (AvgIpc) is 3.57. The maximum atomic E-state index is 13.3. The van der Waals surface area contributed by atoms with E-state index in [2.05, 4.69) is 35.9 Å². The van der Waals surface area contributed by atoms with E-state index in [9.17, 15) is 29.1 Å². The first-order valence-corrected chi connectivity index (χ1v) is 13.0. The molecule has 208 valence electrons. The van der Waals surface area contributed by atoms with Gasteiger partial charge in [0.25, 0.3) is 0 Å². The Bertz CT molecular complexity index is 1060. The first-order valence-electron chi connectivity index (χ1n) is 11.6. The fourth-order valence-electron chi connectivity index (χ4n) is 3.40. The molecule has 2 rings (SSSR count). The van der Waals surface area contributed by atoms with Crippen LogP contribution in [0.15, 0.2) is 25.0 Å². The van der Waals surface area contributed by atoms with Crippen LogP contribution in [0.1, 0.15) is 30.7 Å². The van der Waals surface area contributed by atoms with Gasteiger partial charge < -0.3 is 41.9 Å². The van der Waals surface area contributed by atoms with Crippen molar-refractivity contribution < 1.29 is 34.2 Å². The minimum absolute atomic E-state index is 0.0155. The highest BCUT2D eigenvalue weighted by Gasteiger charge is 2.31. The first kappa shape index (κ1) is 30.3. The average molecular weight is 553 g/mol. The summed E-state index contributed by atoms with van der Waals surface area (Å²) in [5, 5.41) is 25.7. The van der Waals surface area contributed by atoms with Gasteiger partial charge in [0.2, 0.25) is 17.7 Å². The van der Waals surface area contributed by atoms with Crippen molar-refractivity contribution in [1.82, 2.24) is 35.9 Å². The molecule has 0 saturated carbocycles. The number of thioether (sulfide) groups is 1. The minimum Gasteiger partial charge on any atom is -0.481 e. The summed E-state index contributed by atoms with van der Waals surface area (Å²) in [6, 6.07) is -4.72. The van der Waals surface area contributed by atoms with Gasteiger partial charge in [0, 0.05) is 43.0 Å². The van der Waals surface area contributed by atoms with Crippen LogP contribution in [-0.4, -0.2) is 96.0 Å². The molecule has 9 N–H and O–H groups in total. The van der Waals surface area contributed by atoms with Gasteiger partial charge in [-0.15, -0.1) is 0 Å². The third-order valence-corrected chi connectivity index (χ3v) is 6.09. The molecule has 4 atom stereocenters. The molecule has 0 fully saturated rings. The van der Waals surface area contributed by atoms with E-state index < -0.39 is 60.2 Å². The van der Waals surface area contributed by atoms with E-state index in [1.165, 1.54) is 36.8 Å². The molecule has 0 radical (unpaired) electrons. The number of aliphatic carboxylic acids is 2. The number of amides is 3. The fraction of sp³-hybridized carbons (Fsp3) is 0.500. The zero-order valence-electron chi connectivity index (χ0n) is 20.7. The van der Waals surface area contributed by atoms with E-state index in [0.717, 1.165) is 0 Å². The number of nitrogens with two attached hydrogens (primary N) is 1. The molecule has 0 aromatic carbocycles. The van der Waals surface area contributed by atoms with Crippen molar-refractivity contribution in [1.29, 1.82) is 0 Å². The van der Waals surface area contributed by atoms with Gasteiger partial charge in [-0.2, -0.15) is 11.8 Å². The van der Waals surface area contributed by atoms with Crippen LogP contribution in [0.5, 0.6) is 0 Å². The molecule has 0 bridgehead atoms. The van der Waals surface area contributed by atoms with Gasteiger partial charge in [-0.1, -0.05) is 0 Å². The molecule has 4 unspecified atom stereocenters. The number of imidazole rings is 2. The summed E-state index contributed by atoms with van der Waals surface area (Å²) in [6.45, 7) is 0. The van der Waals surface area contributed by atoms with Gasteiger partial charge in [0.05, 0.1) is 18.7 Å². The van der Waals surface area contributed by atoms with Crippen molar-refractivity contribution in [3.05, 3.63) is 36.4 Å². The summed E-state index contributed by atoms with van der Waals surface area (Å²) in [6.07, 6.45) is 7.20. The van der Waals surface area contributed by atoms with Crippen LogP contribution >= 0.6 is 11.8 Å². The van der Waals surface area contributed by atoms with Crippen molar-refractivity contribution in [3.8, 4) is 0 Å². The Hall–Kier alpha value is -3.92. The molecular formula is C22H32N8O7S. The molecule has 0 aliphatic carbocycles. The molecule has 0 aliphatic heterocycles. The van der Waals surface area contributed by atoms with E-state index in [1.54, 1.807) is 6.26 Å². The van der Waals surface area contributed by atoms with Gasteiger partial charge in [0.1, 0.15) is 18.1 Å². The highest BCUT2D eigenvalue weighted by molar-refractivity contribution is 7.98. The fourth-order valence-corrected chi connectivity index (χ4v) is 3.88. The number of nitrogens with one attached hydrogen (secondary N) is 5. The van der Waals surface area contributed by atoms with Crippen LogP contribution in [0.4, 0.5) is 0 Å². The quantitative estimate of drug-likeness (QED) is 0.111. The number of carboxylic acids is 2. The standard InChI is InChI=1S/C22H32N8O7S/c1-38-5-4-15(20(34)29-16(22(36)37)2-3-18(31)32)28-21(35)17(7-13-9-25-11-27-13)30-19(33)14(23)6-12-8-24-10-26-12/h8-11,14-17H,2-7,23H2,1H3,(H,24,26)(H,25,27)(H,28,35)(H,29,34)(H,30,33)(H,31,32)(H,36,37). The van der Waals surface area contributed by atoms with Crippen LogP contribution in [0.3, 0.4) is 0 Å². The summed E-state index contributed by atoms with van der Waals surface area (Å²) >= 11 is 1.41. The van der Waals surface area contributed by atoms with Crippen LogP contribution < -0.4 is 21.7 Å². The van der Waals surface area contributed by atoms with Crippen molar-refractivity contribution in [2.45, 2.75) is 56.3 Å². The molecule has 0 aliphatic rings. The van der Waals surface area contributed by atoms with Gasteiger partial charge in [-0.05, 0) is 24.9 Å². The third kappa shape index (κ3) is 10.2. The molecule has 2 aromatic heterocycles. The molecule has 15 nitrogen and oxygen atoms in total. The second-order valence-corrected chi connectivity index (χ2v) is 9.39. The van der Waals surface area contributed by atoms with Crippen molar-refractivity contribution in [2.75, 3.05) is 12.0 Å². The number of aromatic nitrogens is 4. The Kier molecular flexibility index (Phi) is 12.2. The summed E-state index contributed by atoms with van der Waals surface area (Å²) < 4.78 is 0. The van der Waals surface area contributed by atoms with E-state index >= 15 is 0 Å². The zero-order chi connectivity index (χ0) is 28.1. The number of rotatable bonds is 17. The number of hydrogen-bond acceptors (Lipinski definition) is 9. The highest BCUT2D eigenvalue weighted by atomic mass is 32.2. The molecule has 2 heterocycles. The topological polar surface area (TPSA) is 245 Å². The van der Waals surface area contributed by atoms with Crippen LogP contribution in [0.25, 0.3) is 0 Å². The van der Waals surface area contributed by atoms with Crippen molar-refractivity contribution >= 4 is 41.4 Å². The van der Waals surface area contributed by atoms with Crippen LogP contribution in [0.2, 0.25) is 0 Å². The lowest BCUT2D eigenvalue weighted by Crippen LogP contribution is -2.58. The summed E-state index contributed by atoms with van der Waals surface area (Å²) in [4.78, 5) is 74.8. The molecule has 2 aromatic rings. The number of carbonyl (C=O) groups is 5. The molecule has 16 heteroatoms. The highest BCUT2D eigenvalue weighted by Crippen LogP contribution is 2.07. The number of aromatic amines is 2. The minimum atomic E-state index is -1.45. The largest absolute Gasteiger partial charge is 0.481 e. The Labute approximate surface area is 222 Å². The number of hydrogen-bond donors (Lipinski definition) is 8. The van der Waals surface area contributed by atoms with Gasteiger partial charge in [0.15, 0.2) is 0 Å². The SMILES string of the molecule is CSCCC(NC(=O)C(Cc1cnc[nH]1)NC(=O)C(N)Cc1cnc[nH]1)C(=O)NC(CCC(=O)O)C(=O)O. The zero-order valence-corrected chi connectivity index (χ0v) is 21.5. The molecule has 0 saturated heterocycles.